The van der Waals surface area contributed by atoms with Gasteiger partial charge in [-0.3, -0.25) is 9.59 Å². The number of hydrogen-bond acceptors (Lipinski definition) is 8. The van der Waals surface area contributed by atoms with Crippen molar-refractivity contribution >= 4 is 17.9 Å². The Kier molecular flexibility index (Phi) is 80.8. The fourth-order valence-electron chi connectivity index (χ4n) is 13.1. The van der Waals surface area contributed by atoms with Crippen LogP contribution in [0.15, 0.2) is 97.2 Å². The van der Waals surface area contributed by atoms with Crippen LogP contribution in [-0.4, -0.2) is 82.3 Å². The number of quaternary nitrogens is 1. The van der Waals surface area contributed by atoms with E-state index in [9.17, 15) is 19.5 Å². The van der Waals surface area contributed by atoms with Crippen LogP contribution in [0.5, 0.6) is 0 Å². The van der Waals surface area contributed by atoms with E-state index in [1.165, 1.54) is 315 Å². The minimum atomic E-state index is -1.62. The third kappa shape index (κ3) is 85.3. The molecule has 0 aliphatic heterocycles. The van der Waals surface area contributed by atoms with Gasteiger partial charge < -0.3 is 33.3 Å². The van der Waals surface area contributed by atoms with Crippen molar-refractivity contribution in [3.63, 3.8) is 0 Å². The van der Waals surface area contributed by atoms with Gasteiger partial charge in [-0.05, 0) is 96.3 Å². The van der Waals surface area contributed by atoms with Crippen molar-refractivity contribution in [2.75, 3.05) is 47.5 Å². The molecule has 0 amide bonds. The van der Waals surface area contributed by atoms with Gasteiger partial charge in [0.05, 0.1) is 40.3 Å². The first kappa shape index (κ1) is 99.2. The number of carbonyl (C=O) groups excluding carboxylic acids is 3. The molecule has 0 aromatic rings. The summed E-state index contributed by atoms with van der Waals surface area (Å²) in [5.41, 5.74) is 0. The van der Waals surface area contributed by atoms with Gasteiger partial charge in [-0.15, -0.1) is 0 Å². The van der Waals surface area contributed by atoms with E-state index in [1.54, 1.807) is 0 Å². The van der Waals surface area contributed by atoms with Gasteiger partial charge in [0.1, 0.15) is 13.2 Å². The third-order valence-corrected chi connectivity index (χ3v) is 19.8. The van der Waals surface area contributed by atoms with Crippen molar-refractivity contribution in [2.45, 2.75) is 437 Å². The molecule has 0 radical (unpaired) electrons. The Bertz CT molecular complexity index is 2030. The summed E-state index contributed by atoms with van der Waals surface area (Å²) in [4.78, 5) is 37.7. The highest BCUT2D eigenvalue weighted by atomic mass is 16.7. The lowest BCUT2D eigenvalue weighted by Gasteiger charge is -2.26. The van der Waals surface area contributed by atoms with Gasteiger partial charge in [0.2, 0.25) is 0 Å². The Hall–Kier alpha value is -3.79. The summed E-state index contributed by atoms with van der Waals surface area (Å²) in [6.45, 7) is 4.69. The molecule has 0 aromatic carbocycles. The monoisotopic (exact) mass is 1440 g/mol. The number of esters is 2. The molecule has 0 fully saturated rings. The van der Waals surface area contributed by atoms with Crippen molar-refractivity contribution in [3.05, 3.63) is 97.2 Å². The minimum absolute atomic E-state index is 0.149. The van der Waals surface area contributed by atoms with Gasteiger partial charge in [0.15, 0.2) is 12.4 Å². The quantitative estimate of drug-likeness (QED) is 0.0195. The molecule has 0 rings (SSSR count). The topological polar surface area (TPSA) is 111 Å². The lowest BCUT2D eigenvalue weighted by Crippen LogP contribution is -2.44. The Morgan fingerprint density at radius 3 is 0.825 bits per heavy atom. The summed E-state index contributed by atoms with van der Waals surface area (Å²) in [6.07, 6.45) is 114. The molecule has 0 saturated heterocycles. The van der Waals surface area contributed by atoms with Crippen LogP contribution in [0.4, 0.5) is 0 Å². The Labute approximate surface area is 639 Å². The number of nitrogens with zero attached hydrogens (tertiary/aromatic N) is 1. The summed E-state index contributed by atoms with van der Waals surface area (Å²) in [6, 6.07) is 0. The second kappa shape index (κ2) is 83.8. The highest BCUT2D eigenvalue weighted by Crippen LogP contribution is 2.20. The Balaban J connectivity index is 3.92. The van der Waals surface area contributed by atoms with Crippen LogP contribution in [0.3, 0.4) is 0 Å². The first-order valence-corrected chi connectivity index (χ1v) is 44.4. The standard InChI is InChI=1S/C94H169NO8/c1-6-8-10-12-14-16-18-20-22-24-26-28-30-32-34-36-38-40-42-44-46-48-50-52-54-56-58-60-62-64-66-68-70-72-74-76-78-80-82-84-91(96)101-88-90(89-102-94(93(98)99)100-87-86-95(3,4)5)103-92(97)85-83-81-79-77-75-73-71-69-67-65-63-61-59-57-55-53-51-49-47-45-43-41-39-37-35-33-31-29-27-25-23-21-19-17-15-13-11-9-7-2/h9,11,15,17-18,20-21,23-24,26-27,29-30,32-33,35,90,94H,6-8,10,12-14,16,19,22,25,28,31,34,36-89H2,1-5H3/b11-9-,17-15-,20-18-,23-21-,26-24-,29-27-,32-30-,35-33-. The zero-order valence-electron chi connectivity index (χ0n) is 68.7. The summed E-state index contributed by atoms with van der Waals surface area (Å²) in [5, 5.41) is 11.9. The maximum absolute atomic E-state index is 13.0. The number of carboxylic acids is 1. The highest BCUT2D eigenvalue weighted by Gasteiger charge is 2.22. The van der Waals surface area contributed by atoms with Crippen LogP contribution >= 0.6 is 0 Å². The van der Waals surface area contributed by atoms with Gasteiger partial charge in [-0.25, -0.2) is 0 Å². The van der Waals surface area contributed by atoms with Crippen molar-refractivity contribution < 1.29 is 42.9 Å². The predicted molar refractivity (Wildman–Crippen MR) is 444 cm³/mol. The second-order valence-electron chi connectivity index (χ2n) is 31.2. The number of unbranched alkanes of at least 4 members (excludes halogenated alkanes) is 52. The molecule has 0 spiro atoms. The molecular weight excluding hydrogens is 1270 g/mol. The molecule has 0 N–H and O–H groups in total. The number of aliphatic carboxylic acids is 1. The predicted octanol–water partition coefficient (Wildman–Crippen LogP) is 27.7. The number of likely N-dealkylation sites (N-methyl/N-ethyl adjacent to an activating group) is 1. The zero-order valence-corrected chi connectivity index (χ0v) is 68.7. The molecule has 598 valence electrons. The Morgan fingerprint density at radius 1 is 0.301 bits per heavy atom. The molecule has 9 nitrogen and oxygen atoms in total. The van der Waals surface area contributed by atoms with Crippen LogP contribution in [0.2, 0.25) is 0 Å². The molecular formula is C94H169NO8. The van der Waals surface area contributed by atoms with Crippen LogP contribution in [-0.2, 0) is 33.3 Å². The number of hydrogen-bond donors (Lipinski definition) is 0. The molecule has 0 aliphatic rings. The molecule has 0 bridgehead atoms. The molecule has 2 unspecified atom stereocenters. The maximum Gasteiger partial charge on any atom is 0.306 e. The van der Waals surface area contributed by atoms with Crippen LogP contribution in [0.1, 0.15) is 425 Å². The maximum atomic E-state index is 13.0. The van der Waals surface area contributed by atoms with Crippen molar-refractivity contribution in [2.24, 2.45) is 0 Å². The Morgan fingerprint density at radius 2 is 0.553 bits per heavy atom. The summed E-state index contributed by atoms with van der Waals surface area (Å²) >= 11 is 0. The second-order valence-corrected chi connectivity index (χ2v) is 31.2. The van der Waals surface area contributed by atoms with E-state index in [-0.39, 0.29) is 32.2 Å². The lowest BCUT2D eigenvalue weighted by molar-refractivity contribution is -0.870. The smallest absolute Gasteiger partial charge is 0.306 e. The number of rotatable bonds is 83. The summed E-state index contributed by atoms with van der Waals surface area (Å²) < 4.78 is 22.9. The van der Waals surface area contributed by atoms with Crippen LogP contribution in [0, 0.1) is 0 Å². The largest absolute Gasteiger partial charge is 0.545 e. The molecule has 0 aliphatic carbocycles. The van der Waals surface area contributed by atoms with Gasteiger partial charge in [-0.1, -0.05) is 413 Å². The number of ether oxygens (including phenoxy) is 4. The van der Waals surface area contributed by atoms with Gasteiger partial charge in [0, 0.05) is 12.8 Å². The average Bonchev–Trinajstić information content (AvgIpc) is 0.985. The van der Waals surface area contributed by atoms with Gasteiger partial charge >= 0.3 is 11.9 Å². The van der Waals surface area contributed by atoms with Crippen LogP contribution in [0.25, 0.3) is 0 Å². The number of allylic oxidation sites excluding steroid dienone is 16. The molecule has 0 saturated carbocycles. The van der Waals surface area contributed by atoms with E-state index >= 15 is 0 Å². The van der Waals surface area contributed by atoms with Gasteiger partial charge in [-0.2, -0.15) is 0 Å². The fourth-order valence-corrected chi connectivity index (χ4v) is 13.1. The van der Waals surface area contributed by atoms with E-state index in [1.807, 2.05) is 21.1 Å². The van der Waals surface area contributed by atoms with E-state index < -0.39 is 24.3 Å². The lowest BCUT2D eigenvalue weighted by atomic mass is 10.0. The molecule has 2 atom stereocenters. The molecule has 103 heavy (non-hydrogen) atoms. The van der Waals surface area contributed by atoms with Gasteiger partial charge in [0.25, 0.3) is 0 Å². The average molecular weight is 1440 g/mol. The highest BCUT2D eigenvalue weighted by molar-refractivity contribution is 5.70. The van der Waals surface area contributed by atoms with E-state index in [0.717, 1.165) is 77.0 Å². The van der Waals surface area contributed by atoms with E-state index in [0.29, 0.717) is 23.9 Å². The molecule has 0 heterocycles. The molecule has 0 aromatic heterocycles. The number of carbonyl (C=O) groups is 3. The first-order chi connectivity index (χ1) is 50.6. The number of carboxylic acid groups (broad SMARTS) is 1. The van der Waals surface area contributed by atoms with E-state index in [2.05, 4.69) is 111 Å². The normalized spacial score (nSPS) is 13.1. The van der Waals surface area contributed by atoms with Crippen LogP contribution < -0.4 is 5.11 Å². The SMILES string of the molecule is CC/C=C\C/C=C\C/C=C\C/C=C\C/C=C\CCCCCCCCCCCCCCCCCCCCCCCCCC(=O)OC(COC(=O)CCCCCCCCCCCCCCCCCCCCCCCCCC/C=C\C/C=C\C/C=C\CCCCCCC)COC(OCC[N+](C)(C)C)C(=O)[O-]. The van der Waals surface area contributed by atoms with E-state index in [4.69, 9.17) is 18.9 Å². The summed E-state index contributed by atoms with van der Waals surface area (Å²) in [5.74, 6) is -2.25. The first-order valence-electron chi connectivity index (χ1n) is 44.4. The summed E-state index contributed by atoms with van der Waals surface area (Å²) in [7, 11) is 5.95. The van der Waals surface area contributed by atoms with Crippen molar-refractivity contribution in [3.8, 4) is 0 Å². The zero-order chi connectivity index (χ0) is 74.6. The fraction of sp³-hybridized carbons (Fsp3) is 0.798. The van der Waals surface area contributed by atoms with Crippen molar-refractivity contribution in [1.82, 2.24) is 0 Å². The third-order valence-electron chi connectivity index (χ3n) is 19.8. The van der Waals surface area contributed by atoms with Crippen molar-refractivity contribution in [1.29, 1.82) is 0 Å². The minimum Gasteiger partial charge on any atom is -0.545 e. The molecule has 9 heteroatoms.